The smallest absolute Gasteiger partial charge is 0.0158 e. The maximum absolute atomic E-state index is 2.92. The maximum Gasteiger partial charge on any atom is 0.0158 e. The van der Waals surface area contributed by atoms with Crippen LogP contribution in [0.2, 0.25) is 0 Å². The van der Waals surface area contributed by atoms with Crippen LogP contribution in [0.4, 0.5) is 0 Å². The molecule has 0 radical (unpaired) electrons. The molecule has 0 N–H and O–H groups in total. The van der Waals surface area contributed by atoms with Crippen molar-refractivity contribution in [2.45, 2.75) is 182 Å². The summed E-state index contributed by atoms with van der Waals surface area (Å²) in [6.07, 6.45) is 26.6. The summed E-state index contributed by atoms with van der Waals surface area (Å²) in [7, 11) is 0. The topological polar surface area (TPSA) is 3.24 Å². The molecule has 0 saturated heterocycles. The standard InChI is InChI=1S/C29H61N/c1-8-11-14-17-18-19-20-21-24-27-30(28(4,5)25-22-15-12-9-2)29(6,7)26-23-16-13-10-3/h8-27H2,1-7H3. The third-order valence-corrected chi connectivity index (χ3v) is 7.23. The Balaban J connectivity index is 4.58. The minimum Gasteiger partial charge on any atom is -0.293 e. The Hall–Kier alpha value is -0.0400. The van der Waals surface area contributed by atoms with Crippen molar-refractivity contribution in [3.63, 3.8) is 0 Å². The van der Waals surface area contributed by atoms with Crippen LogP contribution in [0.1, 0.15) is 170 Å². The van der Waals surface area contributed by atoms with Crippen molar-refractivity contribution in [2.75, 3.05) is 6.54 Å². The van der Waals surface area contributed by atoms with Gasteiger partial charge in [0, 0.05) is 11.1 Å². The zero-order chi connectivity index (χ0) is 22.7. The van der Waals surface area contributed by atoms with Gasteiger partial charge in [0.25, 0.3) is 0 Å². The molecular weight excluding hydrogens is 362 g/mol. The molecule has 0 aliphatic rings. The molecule has 0 aromatic carbocycles. The molecule has 0 aliphatic carbocycles. The highest BCUT2D eigenvalue weighted by Crippen LogP contribution is 2.33. The van der Waals surface area contributed by atoms with Gasteiger partial charge in [0.1, 0.15) is 0 Å². The number of hydrogen-bond acceptors (Lipinski definition) is 1. The minimum absolute atomic E-state index is 0.322. The lowest BCUT2D eigenvalue weighted by molar-refractivity contribution is 0.00154. The molecule has 0 heterocycles. The fraction of sp³-hybridized carbons (Fsp3) is 1.00. The summed E-state index contributed by atoms with van der Waals surface area (Å²) >= 11 is 0. The van der Waals surface area contributed by atoms with E-state index in [4.69, 9.17) is 0 Å². The van der Waals surface area contributed by atoms with Gasteiger partial charge in [0.05, 0.1) is 0 Å². The summed E-state index contributed by atoms with van der Waals surface area (Å²) in [5.41, 5.74) is 0.643. The molecule has 1 nitrogen and oxygen atoms in total. The molecular formula is C29H61N. The molecule has 0 aliphatic heterocycles. The highest BCUT2D eigenvalue weighted by Gasteiger charge is 2.36. The van der Waals surface area contributed by atoms with E-state index in [-0.39, 0.29) is 0 Å². The van der Waals surface area contributed by atoms with Gasteiger partial charge in [0.2, 0.25) is 0 Å². The van der Waals surface area contributed by atoms with Gasteiger partial charge >= 0.3 is 0 Å². The van der Waals surface area contributed by atoms with Crippen molar-refractivity contribution < 1.29 is 0 Å². The second kappa shape index (κ2) is 18.5. The summed E-state index contributed by atoms with van der Waals surface area (Å²) in [5, 5.41) is 0. The molecule has 0 rings (SSSR count). The van der Waals surface area contributed by atoms with E-state index < -0.39 is 0 Å². The van der Waals surface area contributed by atoms with Crippen LogP contribution in [0.25, 0.3) is 0 Å². The molecule has 182 valence electrons. The van der Waals surface area contributed by atoms with E-state index in [0.29, 0.717) is 11.1 Å². The average Bonchev–Trinajstić information content (AvgIpc) is 2.69. The van der Waals surface area contributed by atoms with Gasteiger partial charge < -0.3 is 0 Å². The van der Waals surface area contributed by atoms with Crippen molar-refractivity contribution in [3.8, 4) is 0 Å². The highest BCUT2D eigenvalue weighted by molar-refractivity contribution is 4.92. The van der Waals surface area contributed by atoms with Crippen LogP contribution >= 0.6 is 0 Å². The molecule has 30 heavy (non-hydrogen) atoms. The lowest BCUT2D eigenvalue weighted by atomic mass is 9.85. The Morgan fingerprint density at radius 2 is 0.700 bits per heavy atom. The first kappa shape index (κ1) is 30.0. The van der Waals surface area contributed by atoms with Crippen LogP contribution in [-0.2, 0) is 0 Å². The Labute approximate surface area is 193 Å². The predicted molar refractivity (Wildman–Crippen MR) is 140 cm³/mol. The summed E-state index contributed by atoms with van der Waals surface area (Å²) in [4.78, 5) is 2.92. The van der Waals surface area contributed by atoms with Crippen molar-refractivity contribution in [2.24, 2.45) is 0 Å². The average molecular weight is 424 g/mol. The summed E-state index contributed by atoms with van der Waals surface area (Å²) in [6, 6.07) is 0. The van der Waals surface area contributed by atoms with E-state index in [1.54, 1.807) is 0 Å². The van der Waals surface area contributed by atoms with E-state index in [2.05, 4.69) is 53.4 Å². The summed E-state index contributed by atoms with van der Waals surface area (Å²) in [6.45, 7) is 18.4. The van der Waals surface area contributed by atoms with Crippen LogP contribution < -0.4 is 0 Å². The van der Waals surface area contributed by atoms with Gasteiger partial charge in [-0.1, -0.05) is 124 Å². The maximum atomic E-state index is 2.92. The zero-order valence-electron chi connectivity index (χ0n) is 22.6. The highest BCUT2D eigenvalue weighted by atomic mass is 15.2. The normalized spacial score (nSPS) is 12.8. The quantitative estimate of drug-likeness (QED) is 0.156. The van der Waals surface area contributed by atoms with Gasteiger partial charge in [0.15, 0.2) is 0 Å². The van der Waals surface area contributed by atoms with Crippen LogP contribution in [-0.4, -0.2) is 22.5 Å². The minimum atomic E-state index is 0.322. The zero-order valence-corrected chi connectivity index (χ0v) is 22.6. The Morgan fingerprint density at radius 1 is 0.400 bits per heavy atom. The van der Waals surface area contributed by atoms with Crippen LogP contribution in [0, 0.1) is 0 Å². The van der Waals surface area contributed by atoms with E-state index in [1.165, 1.54) is 129 Å². The van der Waals surface area contributed by atoms with Crippen molar-refractivity contribution in [1.29, 1.82) is 0 Å². The monoisotopic (exact) mass is 423 g/mol. The Morgan fingerprint density at radius 3 is 1.07 bits per heavy atom. The van der Waals surface area contributed by atoms with Crippen molar-refractivity contribution in [3.05, 3.63) is 0 Å². The third-order valence-electron chi connectivity index (χ3n) is 7.23. The first-order chi connectivity index (χ1) is 14.3. The fourth-order valence-electron chi connectivity index (χ4n) is 5.24. The van der Waals surface area contributed by atoms with E-state index in [1.807, 2.05) is 0 Å². The largest absolute Gasteiger partial charge is 0.293 e. The molecule has 0 spiro atoms. The fourth-order valence-corrected chi connectivity index (χ4v) is 5.24. The molecule has 0 aromatic rings. The number of rotatable bonds is 22. The molecule has 0 amide bonds. The Bertz CT molecular complexity index is 333. The van der Waals surface area contributed by atoms with E-state index >= 15 is 0 Å². The number of hydrogen-bond donors (Lipinski definition) is 0. The van der Waals surface area contributed by atoms with Crippen LogP contribution in [0.15, 0.2) is 0 Å². The van der Waals surface area contributed by atoms with E-state index in [9.17, 15) is 0 Å². The van der Waals surface area contributed by atoms with Gasteiger partial charge in [-0.15, -0.1) is 0 Å². The molecule has 0 bridgehead atoms. The molecule has 0 aromatic heterocycles. The number of nitrogens with zero attached hydrogens (tertiary/aromatic N) is 1. The summed E-state index contributed by atoms with van der Waals surface area (Å²) < 4.78 is 0. The second-order valence-corrected chi connectivity index (χ2v) is 11.2. The second-order valence-electron chi connectivity index (χ2n) is 11.2. The van der Waals surface area contributed by atoms with Crippen LogP contribution in [0.3, 0.4) is 0 Å². The molecule has 0 fully saturated rings. The molecule has 1 heteroatoms. The van der Waals surface area contributed by atoms with Crippen LogP contribution in [0.5, 0.6) is 0 Å². The SMILES string of the molecule is CCCCCCCCCCCN(C(C)(C)CCCCCC)C(C)(C)CCCCCC. The Kier molecular flexibility index (Phi) is 18.5. The lowest BCUT2D eigenvalue weighted by Gasteiger charge is -2.49. The van der Waals surface area contributed by atoms with Gasteiger partial charge in [-0.25, -0.2) is 0 Å². The molecule has 0 atom stereocenters. The number of unbranched alkanes of at least 4 members (excludes halogenated alkanes) is 14. The van der Waals surface area contributed by atoms with Gasteiger partial charge in [-0.3, -0.25) is 4.90 Å². The van der Waals surface area contributed by atoms with Crippen molar-refractivity contribution in [1.82, 2.24) is 4.90 Å². The summed E-state index contributed by atoms with van der Waals surface area (Å²) in [5.74, 6) is 0. The first-order valence-corrected chi connectivity index (χ1v) is 14.1. The third kappa shape index (κ3) is 14.9. The van der Waals surface area contributed by atoms with Gasteiger partial charge in [-0.05, 0) is 53.5 Å². The molecule has 0 saturated carbocycles. The van der Waals surface area contributed by atoms with E-state index in [0.717, 1.165) is 0 Å². The lowest BCUT2D eigenvalue weighted by Crippen LogP contribution is -2.55. The van der Waals surface area contributed by atoms with Crippen molar-refractivity contribution >= 4 is 0 Å². The first-order valence-electron chi connectivity index (χ1n) is 14.1. The molecule has 0 unspecified atom stereocenters. The predicted octanol–water partition coefficient (Wildman–Crippen LogP) is 10.3. The van der Waals surface area contributed by atoms with Gasteiger partial charge in [-0.2, -0.15) is 0 Å².